The Morgan fingerprint density at radius 2 is 2.00 bits per heavy atom. The van der Waals surface area contributed by atoms with E-state index in [1.54, 1.807) is 6.92 Å². The summed E-state index contributed by atoms with van der Waals surface area (Å²) >= 11 is 0. The van der Waals surface area contributed by atoms with Crippen LogP contribution in [0.15, 0.2) is 24.3 Å². The number of hydrogen-bond acceptors (Lipinski definition) is 3. The lowest BCUT2D eigenvalue weighted by molar-refractivity contribution is 0.189. The van der Waals surface area contributed by atoms with E-state index in [0.717, 1.165) is 24.2 Å². The average molecular weight is 210 g/mol. The van der Waals surface area contributed by atoms with Crippen LogP contribution < -0.4 is 4.74 Å². The monoisotopic (exact) mass is 210 g/mol. The molecule has 2 N–H and O–H groups in total. The third-order valence-corrected chi connectivity index (χ3v) is 2.18. The molecule has 1 unspecified atom stereocenters. The summed E-state index contributed by atoms with van der Waals surface area (Å²) in [6.45, 7) is 2.49. The third-order valence-electron chi connectivity index (χ3n) is 2.18. The van der Waals surface area contributed by atoms with E-state index in [1.165, 1.54) is 0 Å². The Hall–Kier alpha value is -1.06. The van der Waals surface area contributed by atoms with Crippen molar-refractivity contribution >= 4 is 0 Å². The van der Waals surface area contributed by atoms with Crippen LogP contribution >= 0.6 is 0 Å². The summed E-state index contributed by atoms with van der Waals surface area (Å²) in [6, 6.07) is 7.46. The first-order valence-electron chi connectivity index (χ1n) is 5.26. The Balaban J connectivity index is 2.52. The summed E-state index contributed by atoms with van der Waals surface area (Å²) in [6.07, 6.45) is 1.06. The van der Waals surface area contributed by atoms with Gasteiger partial charge in [-0.25, -0.2) is 0 Å². The summed E-state index contributed by atoms with van der Waals surface area (Å²) in [4.78, 5) is 0. The summed E-state index contributed by atoms with van der Waals surface area (Å²) in [7, 11) is 0. The molecular formula is C12H18O3. The van der Waals surface area contributed by atoms with Gasteiger partial charge in [-0.15, -0.1) is 0 Å². The molecule has 0 heterocycles. The smallest absolute Gasteiger partial charge is 0.125 e. The van der Waals surface area contributed by atoms with Crippen molar-refractivity contribution in [2.24, 2.45) is 0 Å². The van der Waals surface area contributed by atoms with Crippen LogP contribution in [0.3, 0.4) is 0 Å². The molecule has 1 aromatic carbocycles. The van der Waals surface area contributed by atoms with Crippen molar-refractivity contribution in [3.63, 3.8) is 0 Å². The van der Waals surface area contributed by atoms with Crippen LogP contribution in [0.1, 0.15) is 31.4 Å². The van der Waals surface area contributed by atoms with Gasteiger partial charge in [0.15, 0.2) is 0 Å². The summed E-state index contributed by atoms with van der Waals surface area (Å²) < 4.78 is 5.53. The molecule has 0 aliphatic carbocycles. The molecule has 0 aliphatic rings. The van der Waals surface area contributed by atoms with Gasteiger partial charge in [-0.2, -0.15) is 0 Å². The molecule has 84 valence electrons. The number of ether oxygens (including phenoxy) is 1. The molecule has 0 saturated heterocycles. The number of benzene rings is 1. The zero-order valence-corrected chi connectivity index (χ0v) is 9.02. The van der Waals surface area contributed by atoms with Gasteiger partial charge in [0.05, 0.1) is 12.7 Å². The molecule has 3 heteroatoms. The number of rotatable bonds is 6. The Morgan fingerprint density at radius 3 is 2.67 bits per heavy atom. The van der Waals surface area contributed by atoms with Crippen LogP contribution in [0.2, 0.25) is 0 Å². The van der Waals surface area contributed by atoms with E-state index in [4.69, 9.17) is 9.84 Å². The Bertz CT molecular complexity index is 284. The molecule has 0 radical (unpaired) electrons. The number of unbranched alkanes of at least 4 members (excludes halogenated alkanes) is 1. The maximum absolute atomic E-state index is 9.49. The van der Waals surface area contributed by atoms with Gasteiger partial charge in [0.1, 0.15) is 5.75 Å². The zero-order chi connectivity index (χ0) is 11.1. The van der Waals surface area contributed by atoms with Crippen molar-refractivity contribution in [2.45, 2.75) is 25.9 Å². The largest absolute Gasteiger partial charge is 0.493 e. The lowest BCUT2D eigenvalue weighted by Gasteiger charge is -2.12. The van der Waals surface area contributed by atoms with Crippen LogP contribution in [-0.4, -0.2) is 23.4 Å². The van der Waals surface area contributed by atoms with E-state index in [-0.39, 0.29) is 6.61 Å². The van der Waals surface area contributed by atoms with Crippen molar-refractivity contribution in [1.82, 2.24) is 0 Å². The second-order valence-electron chi connectivity index (χ2n) is 3.49. The lowest BCUT2D eigenvalue weighted by Crippen LogP contribution is -2.02. The van der Waals surface area contributed by atoms with Crippen LogP contribution in [0.25, 0.3) is 0 Å². The van der Waals surface area contributed by atoms with Gasteiger partial charge in [0.25, 0.3) is 0 Å². The fourth-order valence-corrected chi connectivity index (χ4v) is 1.35. The van der Waals surface area contributed by atoms with E-state index in [0.29, 0.717) is 6.61 Å². The predicted octanol–water partition coefficient (Wildman–Crippen LogP) is 1.89. The van der Waals surface area contributed by atoms with Gasteiger partial charge in [-0.1, -0.05) is 18.2 Å². The molecule has 0 spiro atoms. The van der Waals surface area contributed by atoms with Crippen LogP contribution in [0.4, 0.5) is 0 Å². The third kappa shape index (κ3) is 3.90. The molecular weight excluding hydrogens is 192 g/mol. The molecule has 15 heavy (non-hydrogen) atoms. The van der Waals surface area contributed by atoms with Crippen molar-refractivity contribution in [3.05, 3.63) is 29.8 Å². The van der Waals surface area contributed by atoms with Crippen molar-refractivity contribution in [3.8, 4) is 5.75 Å². The van der Waals surface area contributed by atoms with Crippen LogP contribution in [-0.2, 0) is 0 Å². The SMILES string of the molecule is CC(O)c1ccccc1OCCCCO. The lowest BCUT2D eigenvalue weighted by atomic mass is 10.1. The molecule has 0 saturated carbocycles. The first-order chi connectivity index (χ1) is 7.25. The van der Waals surface area contributed by atoms with Crippen molar-refractivity contribution < 1.29 is 14.9 Å². The minimum Gasteiger partial charge on any atom is -0.493 e. The summed E-state index contributed by atoms with van der Waals surface area (Å²) in [5.41, 5.74) is 0.807. The molecule has 0 aliphatic heterocycles. The van der Waals surface area contributed by atoms with Crippen LogP contribution in [0, 0.1) is 0 Å². The van der Waals surface area contributed by atoms with Gasteiger partial charge < -0.3 is 14.9 Å². The highest BCUT2D eigenvalue weighted by Gasteiger charge is 2.07. The average Bonchev–Trinajstić information content (AvgIpc) is 2.25. The summed E-state index contributed by atoms with van der Waals surface area (Å²) in [5.74, 6) is 0.727. The molecule has 0 amide bonds. The molecule has 0 fully saturated rings. The fraction of sp³-hybridized carbons (Fsp3) is 0.500. The quantitative estimate of drug-likeness (QED) is 0.705. The van der Waals surface area contributed by atoms with E-state index in [9.17, 15) is 5.11 Å². The molecule has 0 bridgehead atoms. The van der Waals surface area contributed by atoms with E-state index in [1.807, 2.05) is 24.3 Å². The van der Waals surface area contributed by atoms with Gasteiger partial charge in [0, 0.05) is 12.2 Å². The molecule has 1 rings (SSSR count). The van der Waals surface area contributed by atoms with Crippen molar-refractivity contribution in [2.75, 3.05) is 13.2 Å². The summed E-state index contributed by atoms with van der Waals surface area (Å²) in [5, 5.41) is 18.1. The Labute approximate surface area is 90.3 Å². The minimum absolute atomic E-state index is 0.196. The molecule has 3 nitrogen and oxygen atoms in total. The van der Waals surface area contributed by atoms with Gasteiger partial charge >= 0.3 is 0 Å². The number of aliphatic hydroxyl groups excluding tert-OH is 2. The number of para-hydroxylation sites is 1. The Kier molecular flexibility index (Phi) is 5.15. The van der Waals surface area contributed by atoms with Gasteiger partial charge in [-0.05, 0) is 25.8 Å². The first-order valence-corrected chi connectivity index (χ1v) is 5.26. The molecule has 1 atom stereocenters. The topological polar surface area (TPSA) is 49.7 Å². The van der Waals surface area contributed by atoms with Crippen molar-refractivity contribution in [1.29, 1.82) is 0 Å². The highest BCUT2D eigenvalue weighted by Crippen LogP contribution is 2.24. The maximum Gasteiger partial charge on any atom is 0.125 e. The van der Waals surface area contributed by atoms with Gasteiger partial charge in [0.2, 0.25) is 0 Å². The first kappa shape index (κ1) is 12.0. The van der Waals surface area contributed by atoms with E-state index in [2.05, 4.69) is 0 Å². The second kappa shape index (κ2) is 6.43. The Morgan fingerprint density at radius 1 is 1.27 bits per heavy atom. The van der Waals surface area contributed by atoms with Crippen LogP contribution in [0.5, 0.6) is 5.75 Å². The highest BCUT2D eigenvalue weighted by atomic mass is 16.5. The second-order valence-corrected chi connectivity index (χ2v) is 3.49. The zero-order valence-electron chi connectivity index (χ0n) is 9.02. The number of aliphatic hydroxyl groups is 2. The minimum atomic E-state index is -0.515. The van der Waals surface area contributed by atoms with E-state index < -0.39 is 6.10 Å². The fourth-order valence-electron chi connectivity index (χ4n) is 1.35. The van der Waals surface area contributed by atoms with E-state index >= 15 is 0 Å². The normalized spacial score (nSPS) is 12.5. The number of hydrogen-bond donors (Lipinski definition) is 2. The maximum atomic E-state index is 9.49. The molecule has 1 aromatic rings. The standard InChI is InChI=1S/C12H18O3/c1-10(14)11-6-2-3-7-12(11)15-9-5-4-8-13/h2-3,6-7,10,13-14H,4-5,8-9H2,1H3. The predicted molar refractivity (Wildman–Crippen MR) is 58.9 cm³/mol. The molecule has 0 aromatic heterocycles. The van der Waals surface area contributed by atoms with Gasteiger partial charge in [-0.3, -0.25) is 0 Å². The highest BCUT2D eigenvalue weighted by molar-refractivity contribution is 5.34.